The van der Waals surface area contributed by atoms with Gasteiger partial charge in [-0.05, 0) is 85.8 Å². The first-order valence-corrected chi connectivity index (χ1v) is 23.8. The fraction of sp³-hybridized carbons (Fsp3) is 0.357. The van der Waals surface area contributed by atoms with Gasteiger partial charge in [0.2, 0.25) is 0 Å². The third kappa shape index (κ3) is 16.6. The molecular formula is C56H69BrO6. The fourth-order valence-corrected chi connectivity index (χ4v) is 7.61. The van der Waals surface area contributed by atoms with Gasteiger partial charge in [-0.15, -0.1) is 0 Å². The van der Waals surface area contributed by atoms with Crippen molar-refractivity contribution >= 4 is 15.9 Å². The molecule has 6 nitrogen and oxygen atoms in total. The van der Waals surface area contributed by atoms with Gasteiger partial charge in [0.15, 0.2) is 0 Å². The van der Waals surface area contributed by atoms with E-state index in [0.29, 0.717) is 26.4 Å². The van der Waals surface area contributed by atoms with E-state index in [1.807, 2.05) is 50.2 Å². The molecule has 0 aliphatic carbocycles. The lowest BCUT2D eigenvalue weighted by molar-refractivity contribution is -0.0243. The molecule has 6 aromatic rings. The number of aliphatic hydroxyl groups is 1. The zero-order valence-corrected chi connectivity index (χ0v) is 39.1. The van der Waals surface area contributed by atoms with Crippen molar-refractivity contribution in [2.24, 2.45) is 0 Å². The number of halogens is 1. The Bertz CT molecular complexity index is 1750. The second-order valence-corrected chi connectivity index (χ2v) is 15.6. The maximum Gasteiger partial charge on any atom is 0.143 e. The first-order chi connectivity index (χ1) is 31.2. The average molecular weight is 918 g/mol. The van der Waals surface area contributed by atoms with Crippen LogP contribution in [0.15, 0.2) is 182 Å². The van der Waals surface area contributed by atoms with E-state index < -0.39 is 11.2 Å². The van der Waals surface area contributed by atoms with E-state index in [-0.39, 0.29) is 0 Å². The number of alkyl halides is 1. The van der Waals surface area contributed by atoms with Crippen LogP contribution in [-0.4, -0.2) is 69.9 Å². The van der Waals surface area contributed by atoms with Crippen LogP contribution in [0.25, 0.3) is 0 Å². The van der Waals surface area contributed by atoms with Gasteiger partial charge in [0.05, 0.1) is 19.8 Å². The summed E-state index contributed by atoms with van der Waals surface area (Å²) in [6.07, 6.45) is 6.34. The van der Waals surface area contributed by atoms with Gasteiger partial charge >= 0.3 is 0 Å². The summed E-state index contributed by atoms with van der Waals surface area (Å²) in [6, 6.07) is 62.6. The van der Waals surface area contributed by atoms with E-state index >= 15 is 0 Å². The van der Waals surface area contributed by atoms with E-state index in [0.717, 1.165) is 110 Å². The molecule has 6 rings (SSSR count). The first kappa shape index (κ1) is 51.2. The molecule has 63 heavy (non-hydrogen) atoms. The Kier molecular flexibility index (Phi) is 25.5. The summed E-state index contributed by atoms with van der Waals surface area (Å²) in [6.45, 7) is 10.1. The van der Waals surface area contributed by atoms with Crippen LogP contribution in [0, 0.1) is 0 Å². The highest BCUT2D eigenvalue weighted by molar-refractivity contribution is 9.09. The quantitative estimate of drug-likeness (QED) is 0.0332. The molecule has 0 fully saturated rings. The number of ether oxygens (including phenoxy) is 5. The highest BCUT2D eigenvalue weighted by Gasteiger charge is 2.38. The summed E-state index contributed by atoms with van der Waals surface area (Å²) in [5.41, 5.74) is 5.48. The second-order valence-electron chi connectivity index (χ2n) is 14.8. The highest BCUT2D eigenvalue weighted by atomic mass is 79.9. The second kappa shape index (κ2) is 31.4. The molecule has 1 N–H and O–H groups in total. The Hall–Kier alpha value is -4.44. The third-order valence-electron chi connectivity index (χ3n) is 10.5. The molecule has 0 spiro atoms. The molecule has 0 amide bonds. The minimum Gasteiger partial charge on any atom is -0.396 e. The normalized spacial score (nSPS) is 11.2. The molecule has 0 aliphatic heterocycles. The van der Waals surface area contributed by atoms with Crippen LogP contribution in [-0.2, 0) is 34.9 Å². The fourth-order valence-electron chi connectivity index (χ4n) is 7.45. The molecule has 0 saturated carbocycles. The van der Waals surface area contributed by atoms with Crippen molar-refractivity contribution in [3.8, 4) is 0 Å². The number of rotatable bonds is 26. The Morgan fingerprint density at radius 2 is 0.635 bits per heavy atom. The Balaban J connectivity index is 0.000000238. The average Bonchev–Trinajstić information content (AvgIpc) is 3.36. The van der Waals surface area contributed by atoms with E-state index in [9.17, 15) is 0 Å². The van der Waals surface area contributed by atoms with Gasteiger partial charge in [-0.3, -0.25) is 0 Å². The molecule has 0 saturated heterocycles. The van der Waals surface area contributed by atoms with Crippen LogP contribution in [0.2, 0.25) is 0 Å². The van der Waals surface area contributed by atoms with Crippen molar-refractivity contribution < 1.29 is 28.8 Å². The summed E-state index contributed by atoms with van der Waals surface area (Å²) in [5, 5.41) is 9.17. The lowest BCUT2D eigenvalue weighted by Crippen LogP contribution is -2.34. The van der Waals surface area contributed by atoms with Crippen LogP contribution < -0.4 is 0 Å². The van der Waals surface area contributed by atoms with E-state index in [4.69, 9.17) is 28.8 Å². The Labute approximate surface area is 386 Å². The van der Waals surface area contributed by atoms with Crippen LogP contribution in [0.3, 0.4) is 0 Å². The van der Waals surface area contributed by atoms with Crippen LogP contribution in [0.1, 0.15) is 85.8 Å². The monoisotopic (exact) mass is 916 g/mol. The van der Waals surface area contributed by atoms with Crippen LogP contribution >= 0.6 is 15.9 Å². The molecular weight excluding hydrogens is 849 g/mol. The molecule has 7 heteroatoms. The van der Waals surface area contributed by atoms with Gasteiger partial charge < -0.3 is 28.8 Å². The largest absolute Gasteiger partial charge is 0.396 e. The van der Waals surface area contributed by atoms with Gasteiger partial charge in [0.25, 0.3) is 0 Å². The maximum atomic E-state index is 8.38. The lowest BCUT2D eigenvalue weighted by Gasteiger charge is -2.36. The SMILES string of the molecule is BrCCOC(c1ccccc1)(c1ccccc1)c1ccccc1.CCOCCCCCO.CCOCCCCCOCCOC(c1ccccc1)(c1ccccc1)c1ccccc1. The van der Waals surface area contributed by atoms with E-state index in [1.165, 1.54) is 0 Å². The van der Waals surface area contributed by atoms with Gasteiger partial charge in [-0.25, -0.2) is 0 Å². The van der Waals surface area contributed by atoms with Gasteiger partial charge in [-0.2, -0.15) is 0 Å². The molecule has 0 radical (unpaired) electrons. The number of benzene rings is 6. The minimum atomic E-state index is -0.676. The van der Waals surface area contributed by atoms with Crippen molar-refractivity contribution in [2.75, 3.05) is 64.8 Å². The zero-order chi connectivity index (χ0) is 44.5. The standard InChI is InChI=1S/C28H34O3.C21H19BrO.C7H16O2/c1-2-29-21-13-6-14-22-30-23-24-31-28(25-15-7-3-8-16-25,26-17-9-4-10-18-26)27-19-11-5-12-20-27;22-16-17-23-21(18-10-4-1-5-11-18,19-12-6-2-7-13-19)20-14-8-3-9-15-20;1-2-9-7-5-3-4-6-8/h3-5,7-12,15-20H,2,6,13-14,21-24H2,1H3;1-15H,16-17H2;8H,2-7H2,1H3. The smallest absolute Gasteiger partial charge is 0.143 e. The third-order valence-corrected chi connectivity index (χ3v) is 10.8. The predicted molar refractivity (Wildman–Crippen MR) is 263 cm³/mol. The molecule has 0 heterocycles. The zero-order valence-electron chi connectivity index (χ0n) is 37.5. The topological polar surface area (TPSA) is 66.4 Å². The van der Waals surface area contributed by atoms with Crippen molar-refractivity contribution in [3.63, 3.8) is 0 Å². The summed E-state index contributed by atoms with van der Waals surface area (Å²) in [5.74, 6) is 0. The Morgan fingerprint density at radius 3 is 0.921 bits per heavy atom. The molecule has 0 atom stereocenters. The van der Waals surface area contributed by atoms with Crippen molar-refractivity contribution in [1.29, 1.82) is 0 Å². The maximum absolute atomic E-state index is 8.38. The van der Waals surface area contributed by atoms with E-state index in [1.54, 1.807) is 0 Å². The van der Waals surface area contributed by atoms with Gasteiger partial charge in [0.1, 0.15) is 11.2 Å². The van der Waals surface area contributed by atoms with E-state index in [2.05, 4.69) is 162 Å². The number of hydrogen-bond acceptors (Lipinski definition) is 6. The number of hydrogen-bond donors (Lipinski definition) is 1. The predicted octanol–water partition coefficient (Wildman–Crippen LogP) is 12.8. The Morgan fingerprint density at radius 1 is 0.349 bits per heavy atom. The molecule has 6 aromatic carbocycles. The summed E-state index contributed by atoms with van der Waals surface area (Å²) in [7, 11) is 0. The number of aliphatic hydroxyl groups excluding tert-OH is 1. The summed E-state index contributed by atoms with van der Waals surface area (Å²) >= 11 is 3.49. The minimum absolute atomic E-state index is 0.312. The van der Waals surface area contributed by atoms with Gasteiger partial charge in [-0.1, -0.05) is 198 Å². The van der Waals surface area contributed by atoms with Crippen molar-refractivity contribution in [1.82, 2.24) is 0 Å². The molecule has 0 bridgehead atoms. The molecule has 0 aliphatic rings. The lowest BCUT2D eigenvalue weighted by atomic mass is 9.80. The van der Waals surface area contributed by atoms with Gasteiger partial charge in [0, 0.05) is 45.0 Å². The van der Waals surface area contributed by atoms with Crippen molar-refractivity contribution in [3.05, 3.63) is 215 Å². The number of unbranched alkanes of at least 4 members (excludes halogenated alkanes) is 4. The van der Waals surface area contributed by atoms with Crippen molar-refractivity contribution in [2.45, 2.75) is 63.6 Å². The highest BCUT2D eigenvalue weighted by Crippen LogP contribution is 2.41. The van der Waals surface area contributed by atoms with Crippen LogP contribution in [0.4, 0.5) is 0 Å². The summed E-state index contributed by atoms with van der Waals surface area (Å²) in [4.78, 5) is 0. The molecule has 0 unspecified atom stereocenters. The first-order valence-electron chi connectivity index (χ1n) is 22.7. The van der Waals surface area contributed by atoms with Crippen LogP contribution in [0.5, 0.6) is 0 Å². The molecule has 0 aromatic heterocycles. The summed E-state index contributed by atoms with van der Waals surface area (Å²) < 4.78 is 29.5. The molecule has 336 valence electrons.